The Balaban J connectivity index is -0.0000000300. The van der Waals surface area contributed by atoms with Gasteiger partial charge >= 0.3 is 0 Å². The van der Waals surface area contributed by atoms with Gasteiger partial charge < -0.3 is 20.4 Å². The molecule has 0 bridgehead atoms. The number of aliphatic hydroxyl groups is 4. The summed E-state index contributed by atoms with van der Waals surface area (Å²) in [5.41, 5.74) is -0.500. The zero-order valence-electron chi connectivity index (χ0n) is 10.9. The minimum atomic E-state index is -0.500. The van der Waals surface area contributed by atoms with E-state index < -0.39 is 5.60 Å². The van der Waals surface area contributed by atoms with Crippen molar-refractivity contribution in [2.24, 2.45) is 0 Å². The van der Waals surface area contributed by atoms with Gasteiger partial charge in [0.1, 0.15) is 0 Å². The molecule has 4 N–H and O–H groups in total. The van der Waals surface area contributed by atoms with Crippen LogP contribution in [0.15, 0.2) is 0 Å². The molecule has 0 fully saturated rings. The number of hydrogen-bond donors (Lipinski definition) is 4. The normalized spacial score (nSPS) is 7.60. The van der Waals surface area contributed by atoms with E-state index in [-0.39, 0.29) is 41.5 Å². The van der Waals surface area contributed by atoms with Gasteiger partial charge in [-0.3, -0.25) is 0 Å². The molecule has 4 nitrogen and oxygen atoms in total. The molecule has 0 aromatic carbocycles. The Hall–Kier alpha value is 0.554. The van der Waals surface area contributed by atoms with Gasteiger partial charge in [0.25, 0.3) is 0 Å². The molecule has 0 aliphatic rings. The molecule has 0 saturated carbocycles. The second kappa shape index (κ2) is 29.3. The fourth-order valence-electron chi connectivity index (χ4n) is 0. The van der Waals surface area contributed by atoms with Crippen molar-refractivity contribution < 1.29 is 42.1 Å². The standard InChI is InChI=1S/C4H10O.3C2H6O.Ti/c1-4(2,3)5;3*1-2-3;/h5H,1-3H3;3*3H,2H2,1H3;. The predicted octanol–water partition coefficient (Wildman–Crippen LogP) is 0.770. The summed E-state index contributed by atoms with van der Waals surface area (Å²) >= 11 is 0. The molecule has 0 atom stereocenters. The van der Waals surface area contributed by atoms with Gasteiger partial charge in [-0.25, -0.2) is 0 Å². The van der Waals surface area contributed by atoms with Crippen molar-refractivity contribution >= 4 is 0 Å². The number of aliphatic hydroxyl groups excluding tert-OH is 3. The smallest absolute Gasteiger partial charge is 0.0563 e. The molecule has 15 heavy (non-hydrogen) atoms. The van der Waals surface area contributed by atoms with Gasteiger partial charge in [-0.15, -0.1) is 0 Å². The van der Waals surface area contributed by atoms with Gasteiger partial charge in [0.2, 0.25) is 0 Å². The SMILES string of the molecule is CC(C)(C)O.CCO.CCO.CCO.[Ti]. The van der Waals surface area contributed by atoms with Crippen LogP contribution >= 0.6 is 0 Å². The molecular formula is C10H28O4Ti. The summed E-state index contributed by atoms with van der Waals surface area (Å²) in [5.74, 6) is 0. The van der Waals surface area contributed by atoms with E-state index in [0.29, 0.717) is 0 Å². The van der Waals surface area contributed by atoms with Crippen LogP contribution in [0.4, 0.5) is 0 Å². The minimum absolute atomic E-state index is 0. The fraction of sp³-hybridized carbons (Fsp3) is 1.00. The molecule has 5 heteroatoms. The van der Waals surface area contributed by atoms with Crippen LogP contribution in [0, 0.1) is 0 Å². The quantitative estimate of drug-likeness (QED) is 0.485. The molecule has 96 valence electrons. The topological polar surface area (TPSA) is 80.9 Å². The molecule has 0 aromatic heterocycles. The van der Waals surface area contributed by atoms with Crippen molar-refractivity contribution in [3.05, 3.63) is 0 Å². The van der Waals surface area contributed by atoms with E-state index in [4.69, 9.17) is 20.4 Å². The van der Waals surface area contributed by atoms with E-state index in [1.165, 1.54) is 0 Å². The molecule has 0 heterocycles. The van der Waals surface area contributed by atoms with Crippen molar-refractivity contribution in [2.45, 2.75) is 47.1 Å². The van der Waals surface area contributed by atoms with Crippen molar-refractivity contribution in [2.75, 3.05) is 19.8 Å². The molecule has 0 amide bonds. The van der Waals surface area contributed by atoms with Gasteiger partial charge in [0, 0.05) is 41.5 Å². The third-order valence-corrected chi connectivity index (χ3v) is 0. The van der Waals surface area contributed by atoms with E-state index in [9.17, 15) is 0 Å². The Kier molecular flexibility index (Phi) is 57.8. The van der Waals surface area contributed by atoms with Crippen LogP contribution in [-0.4, -0.2) is 45.8 Å². The van der Waals surface area contributed by atoms with Crippen molar-refractivity contribution in [3.63, 3.8) is 0 Å². The van der Waals surface area contributed by atoms with Crippen molar-refractivity contribution in [1.82, 2.24) is 0 Å². The maximum atomic E-state index is 8.52. The number of rotatable bonds is 0. The van der Waals surface area contributed by atoms with E-state index in [2.05, 4.69) is 0 Å². The van der Waals surface area contributed by atoms with Crippen LogP contribution in [0.2, 0.25) is 0 Å². The first-order chi connectivity index (χ1) is 6.24. The zero-order chi connectivity index (χ0) is 12.6. The Morgan fingerprint density at radius 1 is 0.733 bits per heavy atom. The predicted molar refractivity (Wildman–Crippen MR) is 60.3 cm³/mol. The van der Waals surface area contributed by atoms with Gasteiger partial charge in [-0.2, -0.15) is 0 Å². The van der Waals surface area contributed by atoms with Gasteiger partial charge in [0.05, 0.1) is 5.60 Å². The summed E-state index contributed by atoms with van der Waals surface area (Å²) in [7, 11) is 0. The molecule has 0 aromatic rings. The molecule has 0 aliphatic heterocycles. The Labute approximate surface area is 109 Å². The third-order valence-electron chi connectivity index (χ3n) is 0. The monoisotopic (exact) mass is 260 g/mol. The van der Waals surface area contributed by atoms with Crippen molar-refractivity contribution in [1.29, 1.82) is 0 Å². The van der Waals surface area contributed by atoms with E-state index in [1.807, 2.05) is 0 Å². The summed E-state index contributed by atoms with van der Waals surface area (Å²) < 4.78 is 0. The maximum Gasteiger partial charge on any atom is 0.0563 e. The van der Waals surface area contributed by atoms with Crippen molar-refractivity contribution in [3.8, 4) is 0 Å². The summed E-state index contributed by atoms with van der Waals surface area (Å²) in [6, 6.07) is 0. The average molecular weight is 260 g/mol. The van der Waals surface area contributed by atoms with Crippen LogP contribution in [0.3, 0.4) is 0 Å². The molecule has 0 spiro atoms. The van der Waals surface area contributed by atoms with Crippen LogP contribution in [0.25, 0.3) is 0 Å². The van der Waals surface area contributed by atoms with E-state index in [1.54, 1.807) is 41.5 Å². The first-order valence-electron chi connectivity index (χ1n) is 4.79. The molecule has 0 saturated heterocycles. The molecule has 0 aliphatic carbocycles. The fourth-order valence-corrected chi connectivity index (χ4v) is 0. The zero-order valence-corrected chi connectivity index (χ0v) is 12.5. The third kappa shape index (κ3) is 7470. The molecule has 0 unspecified atom stereocenters. The number of hydrogen-bond acceptors (Lipinski definition) is 4. The first-order valence-corrected chi connectivity index (χ1v) is 4.79. The van der Waals surface area contributed by atoms with Crippen LogP contribution in [-0.2, 0) is 21.7 Å². The second-order valence-corrected chi connectivity index (χ2v) is 3.12. The maximum absolute atomic E-state index is 8.52. The summed E-state index contributed by atoms with van der Waals surface area (Å²) in [5, 5.41) is 31.2. The Morgan fingerprint density at radius 2 is 0.733 bits per heavy atom. The summed E-state index contributed by atoms with van der Waals surface area (Å²) in [6.45, 7) is 11.0. The van der Waals surface area contributed by atoms with Crippen LogP contribution in [0.1, 0.15) is 41.5 Å². The average Bonchev–Trinajstić information content (AvgIpc) is 1.86. The van der Waals surface area contributed by atoms with Gasteiger partial charge in [-0.1, -0.05) is 0 Å². The molecule has 0 radical (unpaired) electrons. The van der Waals surface area contributed by atoms with Crippen LogP contribution in [0.5, 0.6) is 0 Å². The minimum Gasteiger partial charge on any atom is -0.397 e. The summed E-state index contributed by atoms with van der Waals surface area (Å²) in [6.07, 6.45) is 0. The molecule has 0 rings (SSSR count). The summed E-state index contributed by atoms with van der Waals surface area (Å²) in [4.78, 5) is 0. The Morgan fingerprint density at radius 3 is 0.733 bits per heavy atom. The van der Waals surface area contributed by atoms with Gasteiger partial charge in [-0.05, 0) is 41.5 Å². The van der Waals surface area contributed by atoms with E-state index in [0.717, 1.165) is 0 Å². The second-order valence-electron chi connectivity index (χ2n) is 3.12. The molecular weight excluding hydrogens is 232 g/mol. The van der Waals surface area contributed by atoms with Gasteiger partial charge in [0.15, 0.2) is 0 Å². The largest absolute Gasteiger partial charge is 0.397 e. The Bertz CT molecular complexity index is 54.2. The van der Waals surface area contributed by atoms with E-state index >= 15 is 0 Å². The van der Waals surface area contributed by atoms with Crippen LogP contribution < -0.4 is 0 Å². The first kappa shape index (κ1) is 29.6.